The molecule has 3 aromatic rings. The van der Waals surface area contributed by atoms with E-state index in [0.717, 1.165) is 11.1 Å². The van der Waals surface area contributed by atoms with Crippen LogP contribution in [-0.2, 0) is 7.05 Å². The first kappa shape index (κ1) is 9.03. The van der Waals surface area contributed by atoms with Gasteiger partial charge in [0, 0.05) is 24.2 Å². The maximum absolute atomic E-state index is 5.49. The van der Waals surface area contributed by atoms with E-state index in [0.29, 0.717) is 5.76 Å². The first-order chi connectivity index (χ1) is 7.75. The number of nitrogen functional groups attached to an aromatic ring is 1. The molecule has 0 amide bonds. The van der Waals surface area contributed by atoms with E-state index in [1.807, 2.05) is 25.4 Å². The number of para-hydroxylation sites is 1. The van der Waals surface area contributed by atoms with E-state index in [4.69, 9.17) is 10.2 Å². The lowest BCUT2D eigenvalue weighted by atomic mass is 10.1. The Labute approximate surface area is 92.3 Å². The van der Waals surface area contributed by atoms with Crippen molar-refractivity contribution in [3.63, 3.8) is 0 Å². The fourth-order valence-electron chi connectivity index (χ4n) is 1.97. The molecule has 1 aromatic carbocycles. The topological polar surface area (TPSA) is 57.0 Å². The molecule has 0 atom stereocenters. The summed E-state index contributed by atoms with van der Waals surface area (Å²) >= 11 is 0. The van der Waals surface area contributed by atoms with Gasteiger partial charge in [-0.1, -0.05) is 12.1 Å². The molecule has 0 saturated heterocycles. The minimum absolute atomic E-state index is 0.196. The number of hydrogen-bond donors (Lipinski definition) is 1. The number of oxazole rings is 1. The van der Waals surface area contributed by atoms with Crippen molar-refractivity contribution in [1.82, 2.24) is 9.55 Å². The highest BCUT2D eigenvalue weighted by molar-refractivity contribution is 5.93. The summed E-state index contributed by atoms with van der Waals surface area (Å²) in [5.41, 5.74) is 7.62. The van der Waals surface area contributed by atoms with Gasteiger partial charge in [-0.2, -0.15) is 0 Å². The Morgan fingerprint density at radius 1 is 1.31 bits per heavy atom. The molecular weight excluding hydrogens is 202 g/mol. The van der Waals surface area contributed by atoms with Crippen LogP contribution in [0, 0.1) is 0 Å². The molecule has 0 bridgehead atoms. The number of nitrogens with two attached hydrogens (primary N) is 1. The summed E-state index contributed by atoms with van der Waals surface area (Å²) in [4.78, 5) is 3.92. The van der Waals surface area contributed by atoms with E-state index in [1.165, 1.54) is 5.39 Å². The van der Waals surface area contributed by atoms with E-state index in [2.05, 4.69) is 21.7 Å². The molecule has 2 aromatic heterocycles. The lowest BCUT2D eigenvalue weighted by Gasteiger charge is -2.02. The summed E-state index contributed by atoms with van der Waals surface area (Å²) in [6.45, 7) is 0. The van der Waals surface area contributed by atoms with Crippen molar-refractivity contribution < 1.29 is 4.42 Å². The number of benzene rings is 1. The van der Waals surface area contributed by atoms with Crippen molar-refractivity contribution in [3.8, 4) is 11.3 Å². The molecule has 16 heavy (non-hydrogen) atoms. The number of rotatable bonds is 1. The van der Waals surface area contributed by atoms with Gasteiger partial charge in [-0.25, -0.2) is 4.98 Å². The highest BCUT2D eigenvalue weighted by Gasteiger charge is 2.10. The lowest BCUT2D eigenvalue weighted by molar-refractivity contribution is 0.595. The highest BCUT2D eigenvalue weighted by Crippen LogP contribution is 2.29. The third-order valence-electron chi connectivity index (χ3n) is 2.69. The van der Waals surface area contributed by atoms with Crippen LogP contribution in [0.5, 0.6) is 0 Å². The molecule has 4 heteroatoms. The molecule has 0 fully saturated rings. The fraction of sp³-hybridized carbons (Fsp3) is 0.0833. The molecule has 0 unspecified atom stereocenters. The van der Waals surface area contributed by atoms with Crippen LogP contribution in [0.25, 0.3) is 22.2 Å². The van der Waals surface area contributed by atoms with Crippen molar-refractivity contribution in [2.75, 3.05) is 5.73 Å². The van der Waals surface area contributed by atoms with Crippen molar-refractivity contribution >= 4 is 16.9 Å². The Morgan fingerprint density at radius 3 is 2.94 bits per heavy atom. The molecule has 4 nitrogen and oxygen atoms in total. The lowest BCUT2D eigenvalue weighted by Crippen LogP contribution is -1.87. The molecule has 3 rings (SSSR count). The van der Waals surface area contributed by atoms with Gasteiger partial charge < -0.3 is 14.7 Å². The van der Waals surface area contributed by atoms with Gasteiger partial charge in [-0.15, -0.1) is 0 Å². The Morgan fingerprint density at radius 2 is 2.19 bits per heavy atom. The second-order valence-corrected chi connectivity index (χ2v) is 3.73. The third-order valence-corrected chi connectivity index (χ3v) is 2.69. The van der Waals surface area contributed by atoms with Gasteiger partial charge in [0.25, 0.3) is 6.01 Å². The van der Waals surface area contributed by atoms with Gasteiger partial charge in [0.2, 0.25) is 0 Å². The molecule has 0 saturated carbocycles. The second kappa shape index (κ2) is 3.13. The van der Waals surface area contributed by atoms with Gasteiger partial charge in [-0.3, -0.25) is 0 Å². The summed E-state index contributed by atoms with van der Waals surface area (Å²) in [5, 5.41) is 1.18. The third kappa shape index (κ3) is 1.20. The molecule has 2 N–H and O–H groups in total. The van der Waals surface area contributed by atoms with Gasteiger partial charge in [-0.05, 0) is 12.1 Å². The van der Waals surface area contributed by atoms with E-state index < -0.39 is 0 Å². The largest absolute Gasteiger partial charge is 0.424 e. The van der Waals surface area contributed by atoms with Crippen LogP contribution in [0.15, 0.2) is 41.1 Å². The minimum Gasteiger partial charge on any atom is -0.424 e. The van der Waals surface area contributed by atoms with E-state index in [1.54, 1.807) is 6.20 Å². The van der Waals surface area contributed by atoms with Gasteiger partial charge in [0.15, 0.2) is 5.76 Å². The average molecular weight is 213 g/mol. The predicted octanol–water partition coefficient (Wildman–Crippen LogP) is 2.42. The number of nitrogens with zero attached hydrogens (tertiary/aromatic N) is 2. The number of aryl methyl sites for hydroxylation is 1. The Bertz CT molecular complexity index is 651. The summed E-state index contributed by atoms with van der Waals surface area (Å²) in [7, 11) is 2.01. The van der Waals surface area contributed by atoms with Crippen molar-refractivity contribution in [1.29, 1.82) is 0 Å². The Balaban J connectivity index is 2.34. The zero-order valence-electron chi connectivity index (χ0n) is 8.84. The van der Waals surface area contributed by atoms with Crippen molar-refractivity contribution in [2.24, 2.45) is 7.05 Å². The first-order valence-electron chi connectivity index (χ1n) is 5.01. The van der Waals surface area contributed by atoms with Crippen LogP contribution in [0.3, 0.4) is 0 Å². The van der Waals surface area contributed by atoms with Crippen LogP contribution in [-0.4, -0.2) is 9.55 Å². The zero-order valence-corrected chi connectivity index (χ0v) is 8.84. The van der Waals surface area contributed by atoms with Crippen LogP contribution >= 0.6 is 0 Å². The molecule has 80 valence electrons. The van der Waals surface area contributed by atoms with Crippen LogP contribution < -0.4 is 5.73 Å². The maximum atomic E-state index is 5.49. The monoisotopic (exact) mass is 213 g/mol. The van der Waals surface area contributed by atoms with E-state index in [9.17, 15) is 0 Å². The summed E-state index contributed by atoms with van der Waals surface area (Å²) in [5.74, 6) is 0.699. The number of fused-ring (bicyclic) bond motifs is 1. The Kier molecular flexibility index (Phi) is 1.77. The van der Waals surface area contributed by atoms with Gasteiger partial charge in [0.05, 0.1) is 11.7 Å². The van der Waals surface area contributed by atoms with E-state index >= 15 is 0 Å². The fourth-order valence-corrected chi connectivity index (χ4v) is 1.97. The standard InChI is InChI=1S/C12H11N3O/c1-15-6-5-8-3-2-4-9(11(8)15)10-7-14-12(13)16-10/h2-7H,1H3,(H2,13,14). The summed E-state index contributed by atoms with van der Waals surface area (Å²) in [6, 6.07) is 8.33. The van der Waals surface area contributed by atoms with Crippen molar-refractivity contribution in [3.05, 3.63) is 36.7 Å². The minimum atomic E-state index is 0.196. The molecule has 0 aliphatic rings. The highest BCUT2D eigenvalue weighted by atomic mass is 16.4. The molecule has 0 radical (unpaired) electrons. The van der Waals surface area contributed by atoms with Gasteiger partial charge in [0.1, 0.15) is 0 Å². The molecule has 0 aliphatic heterocycles. The molecule has 0 aliphatic carbocycles. The maximum Gasteiger partial charge on any atom is 0.292 e. The molecule has 0 spiro atoms. The normalized spacial score (nSPS) is 11.1. The van der Waals surface area contributed by atoms with Gasteiger partial charge >= 0.3 is 0 Å². The number of aromatic nitrogens is 2. The SMILES string of the molecule is Cn1ccc2cccc(-c3cnc(N)o3)c21. The number of anilines is 1. The summed E-state index contributed by atoms with van der Waals surface area (Å²) < 4.78 is 7.41. The predicted molar refractivity (Wildman–Crippen MR) is 62.8 cm³/mol. The van der Waals surface area contributed by atoms with Crippen molar-refractivity contribution in [2.45, 2.75) is 0 Å². The zero-order chi connectivity index (χ0) is 11.1. The molecular formula is C12H11N3O. The van der Waals surface area contributed by atoms with E-state index in [-0.39, 0.29) is 6.01 Å². The quantitative estimate of drug-likeness (QED) is 0.675. The first-order valence-corrected chi connectivity index (χ1v) is 5.01. The van der Waals surface area contributed by atoms with Crippen LogP contribution in [0.4, 0.5) is 6.01 Å². The van der Waals surface area contributed by atoms with Crippen LogP contribution in [0.2, 0.25) is 0 Å². The van der Waals surface area contributed by atoms with Crippen LogP contribution in [0.1, 0.15) is 0 Å². The summed E-state index contributed by atoms with van der Waals surface area (Å²) in [6.07, 6.45) is 3.67. The smallest absolute Gasteiger partial charge is 0.292 e. The Hall–Kier alpha value is -2.23. The second-order valence-electron chi connectivity index (χ2n) is 3.73. The molecule has 2 heterocycles. The number of hydrogen-bond acceptors (Lipinski definition) is 3. The average Bonchev–Trinajstić information content (AvgIpc) is 2.86.